The number of hydrogen-bond acceptors (Lipinski definition) is 3. The first-order valence-corrected chi connectivity index (χ1v) is 7.59. The third-order valence-corrected chi connectivity index (χ3v) is 4.87. The van der Waals surface area contributed by atoms with Crippen LogP contribution in [-0.2, 0) is 4.74 Å². The highest BCUT2D eigenvalue weighted by molar-refractivity contribution is 4.97. The molecule has 3 unspecified atom stereocenters. The van der Waals surface area contributed by atoms with E-state index in [0.29, 0.717) is 17.5 Å². The van der Waals surface area contributed by atoms with Crippen LogP contribution in [0.25, 0.3) is 0 Å². The van der Waals surface area contributed by atoms with Gasteiger partial charge in [0.25, 0.3) is 0 Å². The van der Waals surface area contributed by atoms with E-state index in [-0.39, 0.29) is 0 Å². The lowest BCUT2D eigenvalue weighted by molar-refractivity contribution is -0.00960. The zero-order valence-corrected chi connectivity index (χ0v) is 12.5. The van der Waals surface area contributed by atoms with Gasteiger partial charge in [-0.2, -0.15) is 0 Å². The largest absolute Gasteiger partial charge is 0.379 e. The molecular weight excluding hydrogens is 224 g/mol. The van der Waals surface area contributed by atoms with Gasteiger partial charge in [0.2, 0.25) is 0 Å². The van der Waals surface area contributed by atoms with Crippen LogP contribution in [0.5, 0.6) is 0 Å². The van der Waals surface area contributed by atoms with Crippen molar-refractivity contribution in [1.29, 1.82) is 0 Å². The van der Waals surface area contributed by atoms with E-state index in [4.69, 9.17) is 4.74 Å². The van der Waals surface area contributed by atoms with Crippen LogP contribution >= 0.6 is 0 Å². The van der Waals surface area contributed by atoms with Crippen LogP contribution in [0.2, 0.25) is 0 Å². The second-order valence-electron chi connectivity index (χ2n) is 6.74. The molecule has 18 heavy (non-hydrogen) atoms. The Morgan fingerprint density at radius 2 is 2.17 bits per heavy atom. The first-order valence-electron chi connectivity index (χ1n) is 7.59. The predicted molar refractivity (Wildman–Crippen MR) is 75.8 cm³/mol. The molecule has 1 aliphatic heterocycles. The van der Waals surface area contributed by atoms with E-state index >= 15 is 0 Å². The summed E-state index contributed by atoms with van der Waals surface area (Å²) in [4.78, 5) is 2.62. The normalized spacial score (nSPS) is 37.0. The molecule has 2 aliphatic rings. The summed E-state index contributed by atoms with van der Waals surface area (Å²) >= 11 is 0. The summed E-state index contributed by atoms with van der Waals surface area (Å²) in [7, 11) is 0. The van der Waals surface area contributed by atoms with Crippen LogP contribution in [0.15, 0.2) is 0 Å². The number of ether oxygens (including phenoxy) is 1. The summed E-state index contributed by atoms with van der Waals surface area (Å²) in [6.07, 6.45) is 2.72. The van der Waals surface area contributed by atoms with Gasteiger partial charge in [-0.25, -0.2) is 0 Å². The molecular formula is C15H30N2O. The molecule has 0 aromatic carbocycles. The van der Waals surface area contributed by atoms with Crippen molar-refractivity contribution < 1.29 is 4.74 Å². The number of morpholine rings is 1. The molecule has 0 aromatic heterocycles. The van der Waals surface area contributed by atoms with E-state index < -0.39 is 0 Å². The Balaban J connectivity index is 1.95. The van der Waals surface area contributed by atoms with E-state index in [2.05, 4.69) is 37.9 Å². The summed E-state index contributed by atoms with van der Waals surface area (Å²) in [6, 6.07) is 1.27. The van der Waals surface area contributed by atoms with E-state index in [0.717, 1.165) is 32.2 Å². The minimum absolute atomic E-state index is 0.455. The maximum Gasteiger partial charge on any atom is 0.0619 e. The SMILES string of the molecule is CCNC1C(CN2CCOCC2C)CCC1(C)C. The summed E-state index contributed by atoms with van der Waals surface area (Å²) in [5.74, 6) is 0.806. The Morgan fingerprint density at radius 3 is 2.83 bits per heavy atom. The zero-order chi connectivity index (χ0) is 13.2. The monoisotopic (exact) mass is 254 g/mol. The number of nitrogens with zero attached hydrogens (tertiary/aromatic N) is 1. The van der Waals surface area contributed by atoms with E-state index in [1.165, 1.54) is 19.4 Å². The van der Waals surface area contributed by atoms with Gasteiger partial charge in [0, 0.05) is 25.2 Å². The number of hydrogen-bond donors (Lipinski definition) is 1. The first-order chi connectivity index (χ1) is 8.54. The summed E-state index contributed by atoms with van der Waals surface area (Å²) in [5, 5.41) is 3.73. The molecule has 106 valence electrons. The highest BCUT2D eigenvalue weighted by Gasteiger charge is 2.42. The van der Waals surface area contributed by atoms with Crippen LogP contribution in [0.3, 0.4) is 0 Å². The standard InChI is InChI=1S/C15H30N2O/c1-5-16-14-13(6-7-15(14,3)4)10-17-8-9-18-11-12(17)2/h12-14,16H,5-11H2,1-4H3. The molecule has 3 nitrogen and oxygen atoms in total. The predicted octanol–water partition coefficient (Wildman–Crippen LogP) is 2.12. The van der Waals surface area contributed by atoms with Gasteiger partial charge in [-0.1, -0.05) is 20.8 Å². The van der Waals surface area contributed by atoms with Gasteiger partial charge in [0.15, 0.2) is 0 Å². The average molecular weight is 254 g/mol. The Morgan fingerprint density at radius 1 is 1.39 bits per heavy atom. The van der Waals surface area contributed by atoms with Crippen molar-refractivity contribution in [2.24, 2.45) is 11.3 Å². The maximum absolute atomic E-state index is 5.53. The topological polar surface area (TPSA) is 24.5 Å². The number of nitrogens with one attached hydrogen (secondary N) is 1. The summed E-state index contributed by atoms with van der Waals surface area (Å²) < 4.78 is 5.53. The van der Waals surface area contributed by atoms with Crippen molar-refractivity contribution in [3.63, 3.8) is 0 Å². The van der Waals surface area contributed by atoms with Crippen LogP contribution < -0.4 is 5.32 Å². The minimum Gasteiger partial charge on any atom is -0.379 e. The molecule has 1 heterocycles. The highest BCUT2D eigenvalue weighted by atomic mass is 16.5. The fourth-order valence-corrected chi connectivity index (χ4v) is 3.71. The average Bonchev–Trinajstić information content (AvgIpc) is 2.60. The highest BCUT2D eigenvalue weighted by Crippen LogP contribution is 2.41. The lowest BCUT2D eigenvalue weighted by atomic mass is 9.84. The van der Waals surface area contributed by atoms with E-state index in [1.54, 1.807) is 0 Å². The van der Waals surface area contributed by atoms with Crippen molar-refractivity contribution >= 4 is 0 Å². The third-order valence-electron chi connectivity index (χ3n) is 4.87. The van der Waals surface area contributed by atoms with E-state index in [9.17, 15) is 0 Å². The van der Waals surface area contributed by atoms with Gasteiger partial charge in [0.1, 0.15) is 0 Å². The Kier molecular flexibility index (Phi) is 4.68. The molecule has 1 aliphatic carbocycles. The molecule has 2 rings (SSSR count). The molecule has 3 heteroatoms. The summed E-state index contributed by atoms with van der Waals surface area (Å²) in [6.45, 7) is 14.6. The molecule has 0 bridgehead atoms. The van der Waals surface area contributed by atoms with E-state index in [1.807, 2.05) is 0 Å². The molecule has 1 saturated carbocycles. The van der Waals surface area contributed by atoms with Crippen molar-refractivity contribution in [2.75, 3.05) is 32.8 Å². The van der Waals surface area contributed by atoms with Crippen LogP contribution in [0.4, 0.5) is 0 Å². The molecule has 2 fully saturated rings. The van der Waals surface area contributed by atoms with Crippen molar-refractivity contribution in [3.8, 4) is 0 Å². The second-order valence-corrected chi connectivity index (χ2v) is 6.74. The molecule has 3 atom stereocenters. The molecule has 1 saturated heterocycles. The van der Waals surface area contributed by atoms with Crippen molar-refractivity contribution in [1.82, 2.24) is 10.2 Å². The molecule has 0 aromatic rings. The molecule has 0 amide bonds. The van der Waals surface area contributed by atoms with Gasteiger partial charge in [-0.3, -0.25) is 4.90 Å². The Bertz CT molecular complexity index is 267. The minimum atomic E-state index is 0.455. The smallest absolute Gasteiger partial charge is 0.0619 e. The third kappa shape index (κ3) is 3.06. The molecule has 0 radical (unpaired) electrons. The zero-order valence-electron chi connectivity index (χ0n) is 12.5. The fourth-order valence-electron chi connectivity index (χ4n) is 3.71. The Labute approximate surface area is 112 Å². The lowest BCUT2D eigenvalue weighted by Gasteiger charge is -2.38. The van der Waals surface area contributed by atoms with Gasteiger partial charge in [-0.15, -0.1) is 0 Å². The van der Waals surface area contributed by atoms with Gasteiger partial charge in [0.05, 0.1) is 13.2 Å². The van der Waals surface area contributed by atoms with Gasteiger partial charge < -0.3 is 10.1 Å². The molecule has 0 spiro atoms. The fraction of sp³-hybridized carbons (Fsp3) is 1.00. The maximum atomic E-state index is 5.53. The van der Waals surface area contributed by atoms with Crippen molar-refractivity contribution in [3.05, 3.63) is 0 Å². The van der Waals surface area contributed by atoms with Crippen LogP contribution in [-0.4, -0.2) is 49.8 Å². The van der Waals surface area contributed by atoms with Crippen molar-refractivity contribution in [2.45, 2.75) is 52.6 Å². The molecule has 1 N–H and O–H groups in total. The van der Waals surface area contributed by atoms with Crippen LogP contribution in [0, 0.1) is 11.3 Å². The lowest BCUT2D eigenvalue weighted by Crippen LogP contribution is -2.50. The first kappa shape index (κ1) is 14.3. The van der Waals surface area contributed by atoms with Gasteiger partial charge in [-0.05, 0) is 37.6 Å². The van der Waals surface area contributed by atoms with Gasteiger partial charge >= 0.3 is 0 Å². The quantitative estimate of drug-likeness (QED) is 0.832. The second kappa shape index (κ2) is 5.89. The summed E-state index contributed by atoms with van der Waals surface area (Å²) in [5.41, 5.74) is 0.455. The Hall–Kier alpha value is -0.120. The number of rotatable bonds is 4. The van der Waals surface area contributed by atoms with Crippen LogP contribution in [0.1, 0.15) is 40.5 Å².